The molecule has 2 rings (SSSR count). The Bertz CT molecular complexity index is 484. The van der Waals surface area contributed by atoms with E-state index < -0.39 is 10.7 Å². The van der Waals surface area contributed by atoms with Gasteiger partial charge in [-0.25, -0.2) is 4.39 Å². The minimum absolute atomic E-state index is 0.0325. The second kappa shape index (κ2) is 5.35. The predicted molar refractivity (Wildman–Crippen MR) is 75.4 cm³/mol. The average Bonchev–Trinajstić information content (AvgIpc) is 2.31. The first kappa shape index (κ1) is 13.5. The van der Waals surface area contributed by atoms with Crippen LogP contribution in [-0.4, -0.2) is 30.6 Å². The lowest BCUT2D eigenvalue weighted by Gasteiger charge is -2.33. The molecule has 18 heavy (non-hydrogen) atoms. The van der Waals surface area contributed by atoms with E-state index in [9.17, 15) is 14.5 Å². The molecule has 1 aliphatic rings. The molecule has 0 saturated carbocycles. The van der Waals surface area contributed by atoms with Crippen LogP contribution in [-0.2, 0) is 0 Å². The van der Waals surface area contributed by atoms with E-state index in [-0.39, 0.29) is 15.3 Å². The Morgan fingerprint density at radius 2 is 2.33 bits per heavy atom. The summed E-state index contributed by atoms with van der Waals surface area (Å²) in [6.45, 7) is 4.03. The second-order valence-corrected chi connectivity index (χ2v) is 5.48. The summed E-state index contributed by atoms with van der Waals surface area (Å²) in [5, 5.41) is 14.3. The fourth-order valence-electron chi connectivity index (χ4n) is 2.08. The van der Waals surface area contributed by atoms with E-state index in [0.717, 1.165) is 6.54 Å². The molecule has 98 valence electrons. The van der Waals surface area contributed by atoms with Crippen LogP contribution in [0.25, 0.3) is 0 Å². The number of nitrogens with zero attached hydrogens (tertiary/aromatic N) is 2. The van der Waals surface area contributed by atoms with Crippen molar-refractivity contribution in [3.63, 3.8) is 0 Å². The van der Waals surface area contributed by atoms with E-state index in [0.29, 0.717) is 18.8 Å². The van der Waals surface area contributed by atoms with Crippen molar-refractivity contribution in [2.24, 2.45) is 0 Å². The third-order valence-corrected chi connectivity index (χ3v) is 3.75. The number of nitrogens with one attached hydrogen (secondary N) is 1. The van der Waals surface area contributed by atoms with Gasteiger partial charge in [0.2, 0.25) is 0 Å². The lowest BCUT2D eigenvalue weighted by molar-refractivity contribution is -0.384. The van der Waals surface area contributed by atoms with E-state index >= 15 is 0 Å². The molecule has 0 aromatic heterocycles. The van der Waals surface area contributed by atoms with Gasteiger partial charge in [0.05, 0.1) is 8.49 Å². The van der Waals surface area contributed by atoms with Gasteiger partial charge in [0.15, 0.2) is 0 Å². The van der Waals surface area contributed by atoms with Crippen molar-refractivity contribution in [1.82, 2.24) is 5.32 Å². The Morgan fingerprint density at radius 3 is 2.94 bits per heavy atom. The molecule has 5 nitrogen and oxygen atoms in total. The van der Waals surface area contributed by atoms with Crippen LogP contribution in [0.1, 0.15) is 6.92 Å². The van der Waals surface area contributed by atoms with Gasteiger partial charge in [0.1, 0.15) is 11.5 Å². The highest BCUT2D eigenvalue weighted by molar-refractivity contribution is 14.1. The number of nitro benzene ring substituents is 1. The van der Waals surface area contributed by atoms with E-state index in [2.05, 4.69) is 5.32 Å². The molecule has 1 aromatic rings. The maximum atomic E-state index is 13.6. The Balaban J connectivity index is 2.41. The standard InChI is InChI=1S/C11H13FIN3O2/c1-7-6-15(3-2-14-7)10-4-8(12)9(13)5-11(10)16(17)18/h4-5,7,14H,2-3,6H2,1H3. The van der Waals surface area contributed by atoms with Crippen molar-refractivity contribution in [2.75, 3.05) is 24.5 Å². The molecular weight excluding hydrogens is 352 g/mol. The van der Waals surface area contributed by atoms with Gasteiger partial charge in [-0.15, -0.1) is 0 Å². The third-order valence-electron chi connectivity index (χ3n) is 2.92. The molecule has 1 saturated heterocycles. The average molecular weight is 365 g/mol. The van der Waals surface area contributed by atoms with E-state index in [4.69, 9.17) is 0 Å². The van der Waals surface area contributed by atoms with Crippen molar-refractivity contribution < 1.29 is 9.31 Å². The van der Waals surface area contributed by atoms with Crippen LogP contribution in [0, 0.1) is 19.5 Å². The van der Waals surface area contributed by atoms with Crippen molar-refractivity contribution in [3.8, 4) is 0 Å². The second-order valence-electron chi connectivity index (χ2n) is 4.31. The Morgan fingerprint density at radius 1 is 1.61 bits per heavy atom. The lowest BCUT2D eigenvalue weighted by Crippen LogP contribution is -2.49. The van der Waals surface area contributed by atoms with Crippen LogP contribution >= 0.6 is 22.6 Å². The minimum atomic E-state index is -0.455. The molecule has 1 atom stereocenters. The van der Waals surface area contributed by atoms with Crippen LogP contribution in [0.5, 0.6) is 0 Å². The van der Waals surface area contributed by atoms with Crippen LogP contribution < -0.4 is 10.2 Å². The maximum Gasteiger partial charge on any atom is 0.293 e. The van der Waals surface area contributed by atoms with Gasteiger partial charge in [-0.05, 0) is 29.5 Å². The summed E-state index contributed by atoms with van der Waals surface area (Å²) in [5.41, 5.74) is 0.334. The van der Waals surface area contributed by atoms with Crippen LogP contribution in [0.3, 0.4) is 0 Å². The monoisotopic (exact) mass is 365 g/mol. The molecule has 1 fully saturated rings. The molecule has 0 bridgehead atoms. The molecule has 0 amide bonds. The summed E-state index contributed by atoms with van der Waals surface area (Å²) < 4.78 is 13.9. The summed E-state index contributed by atoms with van der Waals surface area (Å²) >= 11 is 1.76. The number of piperazine rings is 1. The first-order valence-electron chi connectivity index (χ1n) is 5.61. The number of hydrogen-bond donors (Lipinski definition) is 1. The van der Waals surface area contributed by atoms with Crippen LogP contribution in [0.15, 0.2) is 12.1 Å². The van der Waals surface area contributed by atoms with Gasteiger partial charge >= 0.3 is 0 Å². The zero-order valence-electron chi connectivity index (χ0n) is 9.82. The molecule has 0 aliphatic carbocycles. The number of benzene rings is 1. The van der Waals surface area contributed by atoms with E-state index in [1.165, 1.54) is 12.1 Å². The van der Waals surface area contributed by atoms with Gasteiger partial charge in [-0.2, -0.15) is 0 Å². The summed E-state index contributed by atoms with van der Waals surface area (Å²) in [5.74, 6) is -0.414. The molecule has 0 spiro atoms. The van der Waals surface area contributed by atoms with Crippen LogP contribution in [0.4, 0.5) is 15.8 Å². The maximum absolute atomic E-state index is 13.6. The number of nitro groups is 1. The van der Waals surface area contributed by atoms with Crippen molar-refractivity contribution in [2.45, 2.75) is 13.0 Å². The zero-order chi connectivity index (χ0) is 13.3. The predicted octanol–water partition coefficient (Wildman–Crippen LogP) is 2.14. The SMILES string of the molecule is CC1CN(c2cc(F)c(I)cc2[N+](=O)[O-])CCN1. The van der Waals surface area contributed by atoms with Gasteiger partial charge in [0.25, 0.3) is 5.69 Å². The number of hydrogen-bond acceptors (Lipinski definition) is 4. The highest BCUT2D eigenvalue weighted by Crippen LogP contribution is 2.32. The molecule has 1 unspecified atom stereocenters. The largest absolute Gasteiger partial charge is 0.363 e. The lowest BCUT2D eigenvalue weighted by atomic mass is 10.2. The van der Waals surface area contributed by atoms with E-state index in [1.807, 2.05) is 11.8 Å². The molecule has 1 N–H and O–H groups in total. The van der Waals surface area contributed by atoms with Crippen molar-refractivity contribution in [3.05, 3.63) is 31.6 Å². The van der Waals surface area contributed by atoms with Gasteiger partial charge in [-0.1, -0.05) is 0 Å². The summed E-state index contributed by atoms with van der Waals surface area (Å²) in [4.78, 5) is 12.5. The summed E-state index contributed by atoms with van der Waals surface area (Å²) in [6.07, 6.45) is 0. The highest BCUT2D eigenvalue weighted by atomic mass is 127. The van der Waals surface area contributed by atoms with Gasteiger partial charge in [0, 0.05) is 37.8 Å². The third kappa shape index (κ3) is 2.72. The first-order chi connectivity index (χ1) is 8.49. The van der Waals surface area contributed by atoms with Gasteiger partial charge in [-0.3, -0.25) is 10.1 Å². The normalized spacial score (nSPS) is 19.9. The fourth-order valence-corrected chi connectivity index (χ4v) is 2.53. The van der Waals surface area contributed by atoms with Crippen LogP contribution in [0.2, 0.25) is 0 Å². The number of anilines is 1. The molecule has 1 aliphatic heterocycles. The van der Waals surface area contributed by atoms with Crippen molar-refractivity contribution >= 4 is 34.0 Å². The highest BCUT2D eigenvalue weighted by Gasteiger charge is 2.25. The quantitative estimate of drug-likeness (QED) is 0.496. The molecular formula is C11H13FIN3O2. The smallest absolute Gasteiger partial charge is 0.293 e. The number of rotatable bonds is 2. The molecule has 1 aromatic carbocycles. The van der Waals surface area contributed by atoms with Crippen molar-refractivity contribution in [1.29, 1.82) is 0 Å². The summed E-state index contributed by atoms with van der Waals surface area (Å²) in [6, 6.07) is 2.79. The molecule has 1 heterocycles. The Kier molecular flexibility index (Phi) is 4.00. The summed E-state index contributed by atoms with van der Waals surface area (Å²) in [7, 11) is 0. The first-order valence-corrected chi connectivity index (χ1v) is 6.68. The fraction of sp³-hybridized carbons (Fsp3) is 0.455. The minimum Gasteiger partial charge on any atom is -0.363 e. The van der Waals surface area contributed by atoms with E-state index in [1.54, 1.807) is 22.6 Å². The Labute approximate surface area is 118 Å². The molecule has 0 radical (unpaired) electrons. The molecule has 7 heteroatoms. The topological polar surface area (TPSA) is 58.4 Å². The Hall–Kier alpha value is -0.960. The number of halogens is 2. The zero-order valence-corrected chi connectivity index (χ0v) is 12.0. The van der Waals surface area contributed by atoms with Gasteiger partial charge < -0.3 is 10.2 Å².